The lowest BCUT2D eigenvalue weighted by molar-refractivity contribution is 0.439. The molecule has 0 aliphatic rings. The van der Waals surface area contributed by atoms with Crippen LogP contribution >= 0.6 is 15.9 Å². The first-order valence-corrected chi connectivity index (χ1v) is 7.12. The molecule has 2 N–H and O–H groups in total. The van der Waals surface area contributed by atoms with Gasteiger partial charge in [0.15, 0.2) is 0 Å². The van der Waals surface area contributed by atoms with Crippen molar-refractivity contribution >= 4 is 21.8 Å². The highest BCUT2D eigenvalue weighted by molar-refractivity contribution is 9.10. The Balaban J connectivity index is 2.21. The number of benzene rings is 2. The van der Waals surface area contributed by atoms with E-state index in [2.05, 4.69) is 21.1 Å². The summed E-state index contributed by atoms with van der Waals surface area (Å²) in [6, 6.07) is 12.1. The first-order chi connectivity index (χ1) is 10.0. The third-order valence-electron chi connectivity index (χ3n) is 3.15. The molecule has 0 amide bonds. The molecule has 3 nitrogen and oxygen atoms in total. The van der Waals surface area contributed by atoms with Gasteiger partial charge in [-0.2, -0.15) is 0 Å². The van der Waals surface area contributed by atoms with Crippen molar-refractivity contribution in [2.75, 3.05) is 5.73 Å². The topological polar surface area (TPSA) is 52.0 Å². The first-order valence-electron chi connectivity index (χ1n) is 6.33. The lowest BCUT2D eigenvalue weighted by atomic mass is 10.00. The molecule has 0 saturated carbocycles. The van der Waals surface area contributed by atoms with E-state index in [1.54, 1.807) is 12.1 Å². The van der Waals surface area contributed by atoms with Crippen LogP contribution in [0.25, 0.3) is 22.4 Å². The van der Waals surface area contributed by atoms with Gasteiger partial charge in [-0.15, -0.1) is 0 Å². The predicted octanol–water partition coefficient (Wildman–Crippen LogP) is 4.80. The molecule has 1 heterocycles. The standard InChI is InChI=1S/C16H12BrFN2O/c1-9-5-11(7-12(17)6-9)15-14(16(19)21-20-15)10-3-2-4-13(18)8-10/h2-8H,19H2,1H3. The van der Waals surface area contributed by atoms with Crippen LogP contribution in [0.2, 0.25) is 0 Å². The van der Waals surface area contributed by atoms with Crippen LogP contribution in [-0.4, -0.2) is 5.16 Å². The molecule has 5 heteroatoms. The van der Waals surface area contributed by atoms with E-state index in [9.17, 15) is 4.39 Å². The number of nitrogen functional groups attached to an aromatic ring is 1. The SMILES string of the molecule is Cc1cc(Br)cc(-c2noc(N)c2-c2cccc(F)c2)c1. The van der Waals surface area contributed by atoms with Crippen molar-refractivity contribution in [1.82, 2.24) is 5.16 Å². The highest BCUT2D eigenvalue weighted by Crippen LogP contribution is 2.37. The Bertz CT molecular complexity index is 794. The van der Waals surface area contributed by atoms with Crippen LogP contribution in [0.5, 0.6) is 0 Å². The molecule has 106 valence electrons. The molecular weight excluding hydrogens is 335 g/mol. The summed E-state index contributed by atoms with van der Waals surface area (Å²) in [6.45, 7) is 1.99. The van der Waals surface area contributed by atoms with Crippen LogP contribution in [0.4, 0.5) is 10.3 Å². The van der Waals surface area contributed by atoms with Gasteiger partial charge in [0.2, 0.25) is 5.88 Å². The molecule has 3 aromatic rings. The molecule has 0 aliphatic carbocycles. The minimum Gasteiger partial charge on any atom is -0.367 e. The number of hydrogen-bond donors (Lipinski definition) is 1. The van der Waals surface area contributed by atoms with Gasteiger partial charge in [0.25, 0.3) is 0 Å². The zero-order valence-electron chi connectivity index (χ0n) is 11.2. The Kier molecular flexibility index (Phi) is 3.51. The van der Waals surface area contributed by atoms with Gasteiger partial charge in [-0.05, 0) is 48.4 Å². The van der Waals surface area contributed by atoms with E-state index in [0.29, 0.717) is 16.8 Å². The molecule has 3 rings (SSSR count). The van der Waals surface area contributed by atoms with Crippen LogP contribution < -0.4 is 5.73 Å². The largest absolute Gasteiger partial charge is 0.367 e. The summed E-state index contributed by atoms with van der Waals surface area (Å²) >= 11 is 3.46. The highest BCUT2D eigenvalue weighted by Gasteiger charge is 2.18. The molecule has 0 atom stereocenters. The molecule has 0 spiro atoms. The molecule has 0 bridgehead atoms. The number of nitrogens with two attached hydrogens (primary N) is 1. The molecule has 1 aromatic heterocycles. The van der Waals surface area contributed by atoms with Gasteiger partial charge in [0.05, 0.1) is 5.56 Å². The summed E-state index contributed by atoms with van der Waals surface area (Å²) in [4.78, 5) is 0. The molecule has 0 radical (unpaired) electrons. The Morgan fingerprint density at radius 1 is 1.14 bits per heavy atom. The van der Waals surface area contributed by atoms with Crippen LogP contribution in [0, 0.1) is 12.7 Å². The number of aromatic nitrogens is 1. The van der Waals surface area contributed by atoms with Crippen molar-refractivity contribution in [2.24, 2.45) is 0 Å². The number of rotatable bonds is 2. The molecule has 0 aliphatic heterocycles. The van der Waals surface area contributed by atoms with Gasteiger partial charge in [-0.25, -0.2) is 4.39 Å². The average Bonchev–Trinajstić information content (AvgIpc) is 2.79. The lowest BCUT2D eigenvalue weighted by Gasteiger charge is -2.05. The van der Waals surface area contributed by atoms with Gasteiger partial charge in [-0.1, -0.05) is 33.2 Å². The van der Waals surface area contributed by atoms with Crippen molar-refractivity contribution in [3.8, 4) is 22.4 Å². The van der Waals surface area contributed by atoms with Crippen molar-refractivity contribution in [1.29, 1.82) is 0 Å². The fourth-order valence-electron chi connectivity index (χ4n) is 2.30. The smallest absolute Gasteiger partial charge is 0.230 e. The summed E-state index contributed by atoms with van der Waals surface area (Å²) in [5, 5.41) is 4.03. The fraction of sp³-hybridized carbons (Fsp3) is 0.0625. The number of anilines is 1. The van der Waals surface area contributed by atoms with E-state index in [-0.39, 0.29) is 11.7 Å². The third kappa shape index (κ3) is 2.69. The second kappa shape index (κ2) is 5.33. The Hall–Kier alpha value is -2.14. The molecule has 21 heavy (non-hydrogen) atoms. The fourth-order valence-corrected chi connectivity index (χ4v) is 2.90. The maximum Gasteiger partial charge on any atom is 0.230 e. The lowest BCUT2D eigenvalue weighted by Crippen LogP contribution is -1.89. The Morgan fingerprint density at radius 2 is 1.95 bits per heavy atom. The van der Waals surface area contributed by atoms with Gasteiger partial charge < -0.3 is 10.3 Å². The molecule has 0 unspecified atom stereocenters. The van der Waals surface area contributed by atoms with Crippen molar-refractivity contribution in [2.45, 2.75) is 6.92 Å². The highest BCUT2D eigenvalue weighted by atomic mass is 79.9. The van der Waals surface area contributed by atoms with Crippen molar-refractivity contribution < 1.29 is 8.91 Å². The molecule has 0 saturated heterocycles. The summed E-state index contributed by atoms with van der Waals surface area (Å²) in [5.41, 5.74) is 9.65. The molecule has 2 aromatic carbocycles. The van der Waals surface area contributed by atoms with Gasteiger partial charge in [0.1, 0.15) is 11.5 Å². The van der Waals surface area contributed by atoms with E-state index in [4.69, 9.17) is 10.3 Å². The first kappa shape index (κ1) is 13.8. The zero-order valence-corrected chi connectivity index (χ0v) is 12.8. The number of hydrogen-bond acceptors (Lipinski definition) is 3. The second-order valence-electron chi connectivity index (χ2n) is 4.80. The Morgan fingerprint density at radius 3 is 2.67 bits per heavy atom. The van der Waals surface area contributed by atoms with Crippen molar-refractivity contribution in [3.63, 3.8) is 0 Å². The predicted molar refractivity (Wildman–Crippen MR) is 84.2 cm³/mol. The van der Waals surface area contributed by atoms with E-state index in [0.717, 1.165) is 15.6 Å². The zero-order chi connectivity index (χ0) is 15.0. The minimum absolute atomic E-state index is 0.174. The van der Waals surface area contributed by atoms with Crippen LogP contribution in [0.1, 0.15) is 5.56 Å². The molecular formula is C16H12BrFN2O. The number of aryl methyl sites for hydroxylation is 1. The van der Waals surface area contributed by atoms with Gasteiger partial charge in [-0.3, -0.25) is 0 Å². The third-order valence-corrected chi connectivity index (χ3v) is 3.61. The summed E-state index contributed by atoms with van der Waals surface area (Å²) < 4.78 is 19.5. The molecule has 0 fully saturated rings. The van der Waals surface area contributed by atoms with Gasteiger partial charge in [0, 0.05) is 10.0 Å². The summed E-state index contributed by atoms with van der Waals surface area (Å²) in [5.74, 6) is -0.155. The Labute approximate surface area is 129 Å². The second-order valence-corrected chi connectivity index (χ2v) is 5.71. The maximum absolute atomic E-state index is 13.5. The normalized spacial score (nSPS) is 10.8. The van der Waals surface area contributed by atoms with Gasteiger partial charge >= 0.3 is 0 Å². The van der Waals surface area contributed by atoms with E-state index in [1.165, 1.54) is 12.1 Å². The minimum atomic E-state index is -0.329. The maximum atomic E-state index is 13.5. The van der Waals surface area contributed by atoms with Crippen LogP contribution in [0.3, 0.4) is 0 Å². The summed E-state index contributed by atoms with van der Waals surface area (Å²) in [7, 11) is 0. The van der Waals surface area contributed by atoms with Crippen LogP contribution in [0.15, 0.2) is 51.5 Å². The summed E-state index contributed by atoms with van der Waals surface area (Å²) in [6.07, 6.45) is 0. The van der Waals surface area contributed by atoms with E-state index >= 15 is 0 Å². The van der Waals surface area contributed by atoms with Crippen molar-refractivity contribution in [3.05, 3.63) is 58.3 Å². The number of nitrogens with zero attached hydrogens (tertiary/aromatic N) is 1. The van der Waals surface area contributed by atoms with Crippen LogP contribution in [-0.2, 0) is 0 Å². The average molecular weight is 347 g/mol. The van der Waals surface area contributed by atoms with E-state index in [1.807, 2.05) is 25.1 Å². The quantitative estimate of drug-likeness (QED) is 0.724. The van der Waals surface area contributed by atoms with E-state index < -0.39 is 0 Å². The number of halogens is 2. The monoisotopic (exact) mass is 346 g/mol.